The lowest BCUT2D eigenvalue weighted by molar-refractivity contribution is 0.0682. The highest BCUT2D eigenvalue weighted by Gasteiger charge is 2.21. The fourth-order valence-corrected chi connectivity index (χ4v) is 4.57. The lowest BCUT2D eigenvalue weighted by atomic mass is 9.93. The Morgan fingerprint density at radius 3 is 1.58 bits per heavy atom. The van der Waals surface area contributed by atoms with Crippen molar-refractivity contribution in [3.8, 4) is 11.5 Å². The van der Waals surface area contributed by atoms with Crippen LogP contribution in [-0.4, -0.2) is 36.4 Å². The summed E-state index contributed by atoms with van der Waals surface area (Å²) in [6.45, 7) is 2.19. The standard InChI is InChI=1S/C27H32Cl2O6.H3N/c1-4-5-6-7-8-9-10-11-12-19(17-13-20(26(30)31)24(34-2)22(28)15-17)18-14-21(27(32)33)25(35-3)23(29)16-18;/h12-16H,4-11H2,1-3H3,(H,30,31)(H,32,33);1H3. The molecule has 5 N–H and O–H groups in total. The van der Waals surface area contributed by atoms with Gasteiger partial charge in [0.1, 0.15) is 11.1 Å². The molecule has 198 valence electrons. The summed E-state index contributed by atoms with van der Waals surface area (Å²) >= 11 is 12.7. The van der Waals surface area contributed by atoms with Gasteiger partial charge in [-0.2, -0.15) is 0 Å². The molecule has 0 aromatic heterocycles. The molecule has 0 aliphatic heterocycles. The number of aromatic carboxylic acids is 2. The second-order valence-electron chi connectivity index (χ2n) is 8.22. The van der Waals surface area contributed by atoms with Crippen LogP contribution in [0.4, 0.5) is 0 Å². The Hall–Kier alpha value is -2.74. The minimum atomic E-state index is -1.18. The van der Waals surface area contributed by atoms with Crippen LogP contribution in [0.3, 0.4) is 0 Å². The van der Waals surface area contributed by atoms with Gasteiger partial charge in [-0.15, -0.1) is 0 Å². The number of carboxylic acids is 2. The fourth-order valence-electron chi connectivity index (χ4n) is 3.98. The van der Waals surface area contributed by atoms with Gasteiger partial charge in [-0.3, -0.25) is 0 Å². The molecule has 0 heterocycles. The van der Waals surface area contributed by atoms with E-state index < -0.39 is 11.9 Å². The Labute approximate surface area is 222 Å². The maximum atomic E-state index is 11.9. The highest BCUT2D eigenvalue weighted by atomic mass is 35.5. The molecule has 2 rings (SSSR count). The summed E-state index contributed by atoms with van der Waals surface area (Å²) in [6, 6.07) is 6.17. The predicted molar refractivity (Wildman–Crippen MR) is 145 cm³/mol. The summed E-state index contributed by atoms with van der Waals surface area (Å²) < 4.78 is 10.4. The topological polar surface area (TPSA) is 128 Å². The van der Waals surface area contributed by atoms with E-state index in [1.54, 1.807) is 12.1 Å². The number of unbranched alkanes of at least 4 members (excludes halogenated alkanes) is 7. The number of hydrogen-bond donors (Lipinski definition) is 3. The largest absolute Gasteiger partial charge is 0.494 e. The number of benzene rings is 2. The molecule has 0 unspecified atom stereocenters. The summed E-state index contributed by atoms with van der Waals surface area (Å²) in [5, 5.41) is 19.7. The molecule has 0 bridgehead atoms. The number of rotatable bonds is 14. The second-order valence-corrected chi connectivity index (χ2v) is 9.03. The molecular weight excluding hydrogens is 505 g/mol. The Balaban J connectivity index is 0.00000648. The molecule has 2 aromatic rings. The highest BCUT2D eigenvalue weighted by Crippen LogP contribution is 2.38. The third-order valence-electron chi connectivity index (χ3n) is 5.73. The van der Waals surface area contributed by atoms with Crippen molar-refractivity contribution in [2.45, 2.75) is 58.3 Å². The number of hydrogen-bond acceptors (Lipinski definition) is 5. The minimum absolute atomic E-state index is 0. The van der Waals surface area contributed by atoms with E-state index in [0.717, 1.165) is 25.7 Å². The zero-order valence-electron chi connectivity index (χ0n) is 21.0. The van der Waals surface area contributed by atoms with Gasteiger partial charge in [0.05, 0.1) is 24.3 Å². The van der Waals surface area contributed by atoms with Crippen LogP contribution < -0.4 is 15.6 Å². The average Bonchev–Trinajstić information content (AvgIpc) is 2.82. The number of carboxylic acid groups (broad SMARTS) is 2. The molecule has 2 aromatic carbocycles. The summed E-state index contributed by atoms with van der Waals surface area (Å²) in [7, 11) is 2.71. The number of allylic oxidation sites excluding steroid dienone is 1. The molecule has 36 heavy (non-hydrogen) atoms. The first kappa shape index (κ1) is 31.3. The third-order valence-corrected chi connectivity index (χ3v) is 6.30. The molecule has 0 spiro atoms. The molecule has 0 aliphatic rings. The van der Waals surface area contributed by atoms with Crippen molar-refractivity contribution in [2.75, 3.05) is 14.2 Å². The SMILES string of the molecule is CCCCCCCCCC=C(c1cc(Cl)c(OC)c(C(=O)O)c1)c1cc(Cl)c(OC)c(C(=O)O)c1.N. The molecule has 0 atom stereocenters. The molecule has 7 nitrogen and oxygen atoms in total. The van der Waals surface area contributed by atoms with E-state index >= 15 is 0 Å². The van der Waals surface area contributed by atoms with Crippen LogP contribution in [0.15, 0.2) is 30.3 Å². The lowest BCUT2D eigenvalue weighted by Crippen LogP contribution is -2.05. The Bertz CT molecular complexity index is 1010. The Morgan fingerprint density at radius 2 is 1.19 bits per heavy atom. The van der Waals surface area contributed by atoms with E-state index in [9.17, 15) is 19.8 Å². The molecule has 0 saturated carbocycles. The Kier molecular flexibility index (Phi) is 13.4. The molecule has 0 radical (unpaired) electrons. The van der Waals surface area contributed by atoms with E-state index in [1.165, 1.54) is 52.0 Å². The van der Waals surface area contributed by atoms with Gasteiger partial charge in [0.25, 0.3) is 0 Å². The normalized spacial score (nSPS) is 10.4. The number of carbonyl (C=O) groups is 2. The van der Waals surface area contributed by atoms with Crippen molar-refractivity contribution in [3.63, 3.8) is 0 Å². The summed E-state index contributed by atoms with van der Waals surface area (Å²) in [5.74, 6) is -2.24. The molecule has 0 saturated heterocycles. The van der Waals surface area contributed by atoms with Gasteiger partial charge in [0.15, 0.2) is 11.5 Å². The van der Waals surface area contributed by atoms with Crippen LogP contribution in [0.1, 0.15) is 90.1 Å². The lowest BCUT2D eigenvalue weighted by Gasteiger charge is -2.16. The Morgan fingerprint density at radius 1 is 0.778 bits per heavy atom. The van der Waals surface area contributed by atoms with Crippen LogP contribution >= 0.6 is 23.2 Å². The van der Waals surface area contributed by atoms with Crippen molar-refractivity contribution in [1.82, 2.24) is 6.15 Å². The molecular formula is C27H35Cl2NO6. The maximum Gasteiger partial charge on any atom is 0.339 e. The van der Waals surface area contributed by atoms with Crippen LogP contribution in [0.25, 0.3) is 5.57 Å². The van der Waals surface area contributed by atoms with Gasteiger partial charge in [-0.25, -0.2) is 9.59 Å². The highest BCUT2D eigenvalue weighted by molar-refractivity contribution is 6.33. The third kappa shape index (κ3) is 8.15. The van der Waals surface area contributed by atoms with Crippen LogP contribution in [-0.2, 0) is 0 Å². The summed E-state index contributed by atoms with van der Waals surface area (Å²) in [4.78, 5) is 23.7. The molecule has 0 aliphatic carbocycles. The number of halogens is 2. The first-order valence-corrected chi connectivity index (χ1v) is 12.4. The van der Waals surface area contributed by atoms with E-state index in [-0.39, 0.29) is 38.8 Å². The zero-order chi connectivity index (χ0) is 26.0. The van der Waals surface area contributed by atoms with Crippen LogP contribution in [0.2, 0.25) is 10.0 Å². The molecule has 0 amide bonds. The van der Waals surface area contributed by atoms with Crippen molar-refractivity contribution >= 4 is 40.7 Å². The number of methoxy groups -OCH3 is 2. The van der Waals surface area contributed by atoms with Crippen LogP contribution in [0.5, 0.6) is 11.5 Å². The van der Waals surface area contributed by atoms with Crippen molar-refractivity contribution in [3.05, 3.63) is 62.6 Å². The first-order valence-electron chi connectivity index (χ1n) is 11.7. The molecule has 0 fully saturated rings. The molecule has 9 heteroatoms. The van der Waals surface area contributed by atoms with Gasteiger partial charge in [-0.1, -0.05) is 74.7 Å². The quantitative estimate of drug-likeness (QED) is 0.206. The first-order chi connectivity index (χ1) is 16.7. The zero-order valence-corrected chi connectivity index (χ0v) is 22.5. The monoisotopic (exact) mass is 539 g/mol. The fraction of sp³-hybridized carbons (Fsp3) is 0.407. The van der Waals surface area contributed by atoms with E-state index in [4.69, 9.17) is 32.7 Å². The van der Waals surface area contributed by atoms with Crippen molar-refractivity contribution in [1.29, 1.82) is 0 Å². The van der Waals surface area contributed by atoms with Gasteiger partial charge < -0.3 is 25.8 Å². The van der Waals surface area contributed by atoms with Gasteiger partial charge in [0, 0.05) is 0 Å². The van der Waals surface area contributed by atoms with E-state index in [0.29, 0.717) is 16.7 Å². The van der Waals surface area contributed by atoms with E-state index in [1.807, 2.05) is 6.08 Å². The van der Waals surface area contributed by atoms with Gasteiger partial charge in [-0.05, 0) is 53.8 Å². The van der Waals surface area contributed by atoms with E-state index in [2.05, 4.69) is 6.92 Å². The second kappa shape index (κ2) is 15.4. The van der Waals surface area contributed by atoms with Crippen molar-refractivity contribution in [2.24, 2.45) is 0 Å². The van der Waals surface area contributed by atoms with Crippen LogP contribution in [0, 0.1) is 0 Å². The smallest absolute Gasteiger partial charge is 0.339 e. The summed E-state index contributed by atoms with van der Waals surface area (Å²) in [5.41, 5.74) is 1.50. The maximum absolute atomic E-state index is 11.9. The minimum Gasteiger partial charge on any atom is -0.494 e. The summed E-state index contributed by atoms with van der Waals surface area (Å²) in [6.07, 6.45) is 10.8. The van der Waals surface area contributed by atoms with Crippen molar-refractivity contribution < 1.29 is 29.3 Å². The van der Waals surface area contributed by atoms with Gasteiger partial charge in [0.2, 0.25) is 0 Å². The average molecular weight is 540 g/mol. The number of ether oxygens (including phenoxy) is 2. The van der Waals surface area contributed by atoms with Gasteiger partial charge >= 0.3 is 11.9 Å². The predicted octanol–water partition coefficient (Wildman–Crippen LogP) is 8.14.